The van der Waals surface area contributed by atoms with Gasteiger partial charge in [0, 0.05) is 0 Å². The van der Waals surface area contributed by atoms with Crippen LogP contribution in [0.1, 0.15) is 6.92 Å². The van der Waals surface area contributed by atoms with Crippen LogP contribution in [-0.2, 0) is 0 Å². The van der Waals surface area contributed by atoms with E-state index in [1.807, 2.05) is 7.98 Å². The second-order valence-corrected chi connectivity index (χ2v) is 0.707. The van der Waals surface area contributed by atoms with E-state index in [0.29, 0.717) is 0 Å². The van der Waals surface area contributed by atoms with Gasteiger partial charge in [-0.3, -0.25) is 0 Å². The maximum atomic E-state index is 2.93. The van der Waals surface area contributed by atoms with Crippen molar-refractivity contribution in [2.24, 2.45) is 0 Å². The van der Waals surface area contributed by atoms with Crippen LogP contribution < -0.4 is 5.23 Å². The molecule has 0 saturated carbocycles. The third-order valence-electron chi connectivity index (χ3n) is 0.354. The average molecular weight is 56.9 g/mol. The van der Waals surface area contributed by atoms with Crippen molar-refractivity contribution in [3.05, 3.63) is 0 Å². The lowest BCUT2D eigenvalue weighted by atomic mass is 10.4. The Morgan fingerprint density at radius 3 is 2.25 bits per heavy atom. The summed E-state index contributed by atoms with van der Waals surface area (Å²) in [5.74, 6) is 0. The summed E-state index contributed by atoms with van der Waals surface area (Å²) in [4.78, 5) is 0. The average Bonchev–Trinajstić information content (AvgIpc) is 1.37. The summed E-state index contributed by atoms with van der Waals surface area (Å²) in [7, 11) is 1.93. The Morgan fingerprint density at radius 1 is 2.00 bits per heavy atom. The van der Waals surface area contributed by atoms with E-state index in [-0.39, 0.29) is 0 Å². The van der Waals surface area contributed by atoms with Gasteiger partial charge in [0.1, 0.15) is 0 Å². The number of nitrogens with one attached hydrogen (secondary N) is 1. The van der Waals surface area contributed by atoms with Gasteiger partial charge in [0.25, 0.3) is 0 Å². The van der Waals surface area contributed by atoms with Crippen molar-refractivity contribution in [1.82, 2.24) is 5.23 Å². The molecule has 0 rings (SSSR count). The Labute approximate surface area is 27.8 Å². The van der Waals surface area contributed by atoms with Crippen molar-refractivity contribution in [2.45, 2.75) is 6.92 Å². The molecule has 0 heterocycles. The summed E-state index contributed by atoms with van der Waals surface area (Å²) >= 11 is 0. The van der Waals surface area contributed by atoms with Crippen LogP contribution in [0.25, 0.3) is 0 Å². The van der Waals surface area contributed by atoms with Crippen molar-refractivity contribution >= 4 is 7.98 Å². The Morgan fingerprint density at radius 2 is 2.25 bits per heavy atom. The predicted octanol–water partition coefficient (Wildman–Crippen LogP) is -0.856. The van der Waals surface area contributed by atoms with E-state index in [0.717, 1.165) is 6.54 Å². The smallest absolute Gasteiger partial charge is 0.181 e. The maximum absolute atomic E-state index is 2.93. The highest BCUT2D eigenvalue weighted by Gasteiger charge is 1.51. The van der Waals surface area contributed by atoms with Crippen molar-refractivity contribution < 1.29 is 0 Å². The first-order valence-corrected chi connectivity index (χ1v) is 1.56. The van der Waals surface area contributed by atoms with Crippen LogP contribution >= 0.6 is 0 Å². The van der Waals surface area contributed by atoms with Gasteiger partial charge >= 0.3 is 0 Å². The minimum absolute atomic E-state index is 1.07. The third kappa shape index (κ3) is 2.02. The van der Waals surface area contributed by atoms with Gasteiger partial charge in [-0.25, -0.2) is 0 Å². The molecule has 0 aromatic rings. The van der Waals surface area contributed by atoms with Crippen molar-refractivity contribution in [3.63, 3.8) is 0 Å². The summed E-state index contributed by atoms with van der Waals surface area (Å²) in [6, 6.07) is 0. The molecule has 0 radical (unpaired) electrons. The third-order valence-corrected chi connectivity index (χ3v) is 0.354. The number of rotatable bonds is 1. The topological polar surface area (TPSA) is 12.0 Å². The minimum atomic E-state index is 1.07. The van der Waals surface area contributed by atoms with Crippen LogP contribution in [0.15, 0.2) is 0 Å². The lowest BCUT2D eigenvalue weighted by Gasteiger charge is -1.75. The highest BCUT2D eigenvalue weighted by Crippen LogP contribution is 1.33. The first-order chi connectivity index (χ1) is 1.91. The lowest BCUT2D eigenvalue weighted by Crippen LogP contribution is -2.04. The lowest BCUT2D eigenvalue weighted by molar-refractivity contribution is 1.02. The van der Waals surface area contributed by atoms with Gasteiger partial charge in [-0.2, -0.15) is 0 Å². The van der Waals surface area contributed by atoms with Crippen LogP contribution in [0.3, 0.4) is 0 Å². The standard InChI is InChI=1S/C2H8BN/c1-2-4-3/h4H,2-3H2,1H3. The Balaban J connectivity index is 1.97. The molecule has 24 valence electrons. The molecule has 1 N–H and O–H groups in total. The SMILES string of the molecule is BNCC. The molecule has 0 amide bonds. The summed E-state index contributed by atoms with van der Waals surface area (Å²) < 4.78 is 0. The van der Waals surface area contributed by atoms with Gasteiger partial charge in [0.05, 0.1) is 0 Å². The first kappa shape index (κ1) is 4.02. The zero-order chi connectivity index (χ0) is 3.41. The van der Waals surface area contributed by atoms with Crippen LogP contribution in [0.5, 0.6) is 0 Å². The highest BCUT2D eigenvalue weighted by atomic mass is 14.7. The molecule has 0 spiro atoms. The van der Waals surface area contributed by atoms with E-state index >= 15 is 0 Å². The quantitative estimate of drug-likeness (QED) is 0.386. The Hall–Kier alpha value is 0.0249. The molecule has 0 aromatic carbocycles. The Bertz CT molecular complexity index is 8.00. The summed E-state index contributed by atoms with van der Waals surface area (Å²) in [6.45, 7) is 3.14. The predicted molar refractivity (Wildman–Crippen MR) is 22.2 cm³/mol. The van der Waals surface area contributed by atoms with Gasteiger partial charge < -0.3 is 5.23 Å². The van der Waals surface area contributed by atoms with Crippen LogP contribution in [0, 0.1) is 0 Å². The van der Waals surface area contributed by atoms with Gasteiger partial charge in [-0.1, -0.05) is 6.92 Å². The molecule has 0 fully saturated rings. The monoisotopic (exact) mass is 57.1 g/mol. The first-order valence-electron chi connectivity index (χ1n) is 1.56. The number of hydrogen-bond donors (Lipinski definition) is 1. The second-order valence-electron chi connectivity index (χ2n) is 0.707. The largest absolute Gasteiger partial charge is 0.362 e. The van der Waals surface area contributed by atoms with Gasteiger partial charge in [-0.15, -0.1) is 0 Å². The molecule has 0 aliphatic carbocycles. The maximum Gasteiger partial charge on any atom is 0.181 e. The van der Waals surface area contributed by atoms with Gasteiger partial charge in [0.15, 0.2) is 7.98 Å². The molecular weight excluding hydrogens is 48.8 g/mol. The van der Waals surface area contributed by atoms with Crippen molar-refractivity contribution in [1.29, 1.82) is 0 Å². The van der Waals surface area contributed by atoms with Crippen LogP contribution in [0.2, 0.25) is 0 Å². The molecule has 0 unspecified atom stereocenters. The molecule has 0 atom stereocenters. The molecule has 0 bridgehead atoms. The minimum Gasteiger partial charge on any atom is -0.362 e. The highest BCUT2D eigenvalue weighted by molar-refractivity contribution is 6.04. The van der Waals surface area contributed by atoms with Crippen LogP contribution in [0.4, 0.5) is 0 Å². The van der Waals surface area contributed by atoms with E-state index in [1.54, 1.807) is 0 Å². The zero-order valence-electron chi connectivity index (χ0n) is 3.21. The molecule has 4 heavy (non-hydrogen) atoms. The van der Waals surface area contributed by atoms with E-state index in [4.69, 9.17) is 0 Å². The van der Waals surface area contributed by atoms with E-state index in [9.17, 15) is 0 Å². The molecule has 2 heteroatoms. The summed E-state index contributed by atoms with van der Waals surface area (Å²) in [6.07, 6.45) is 0. The molecule has 0 aromatic heterocycles. The summed E-state index contributed by atoms with van der Waals surface area (Å²) in [5, 5.41) is 2.93. The second kappa shape index (κ2) is 3.02. The molecule has 0 saturated heterocycles. The van der Waals surface area contributed by atoms with Gasteiger partial charge in [0.2, 0.25) is 0 Å². The van der Waals surface area contributed by atoms with E-state index in [2.05, 4.69) is 12.2 Å². The van der Waals surface area contributed by atoms with Crippen molar-refractivity contribution in [2.75, 3.05) is 6.54 Å². The van der Waals surface area contributed by atoms with Gasteiger partial charge in [-0.05, 0) is 6.54 Å². The fraction of sp³-hybridized carbons (Fsp3) is 1.00. The summed E-state index contributed by atoms with van der Waals surface area (Å²) in [5.41, 5.74) is 0. The van der Waals surface area contributed by atoms with E-state index < -0.39 is 0 Å². The fourth-order valence-corrected chi connectivity index (χ4v) is 0. The molecule has 0 aliphatic rings. The Kier molecular flexibility index (Phi) is 3.04. The molecular formula is C2H8BN. The fourth-order valence-electron chi connectivity index (χ4n) is 0. The normalized spacial score (nSPS) is 7.25. The molecule has 0 aliphatic heterocycles. The number of hydrogen-bond acceptors (Lipinski definition) is 1. The van der Waals surface area contributed by atoms with E-state index in [1.165, 1.54) is 0 Å². The molecule has 1 nitrogen and oxygen atoms in total. The zero-order valence-corrected chi connectivity index (χ0v) is 3.21. The van der Waals surface area contributed by atoms with Crippen molar-refractivity contribution in [3.8, 4) is 0 Å². The van der Waals surface area contributed by atoms with Crippen LogP contribution in [-0.4, -0.2) is 14.5 Å².